The molecule has 3 nitrogen and oxygen atoms in total. The molecule has 2 N–H and O–H groups in total. The van der Waals surface area contributed by atoms with Crippen LogP contribution in [0.1, 0.15) is 22.3 Å². The number of aliphatic hydroxyl groups excluding tert-OH is 1. The van der Waals surface area contributed by atoms with Crippen molar-refractivity contribution >= 4 is 5.71 Å². The number of benzene rings is 2. The van der Waals surface area contributed by atoms with E-state index in [4.69, 9.17) is 0 Å². The minimum atomic E-state index is -4.48. The summed E-state index contributed by atoms with van der Waals surface area (Å²) in [4.78, 5) is 0. The van der Waals surface area contributed by atoms with Crippen molar-refractivity contribution in [3.63, 3.8) is 0 Å². The van der Waals surface area contributed by atoms with Crippen LogP contribution < -0.4 is 0 Å². The van der Waals surface area contributed by atoms with E-state index >= 15 is 0 Å². The molecule has 0 aliphatic rings. The molecule has 0 saturated carbocycles. The highest BCUT2D eigenvalue weighted by atomic mass is 19.4. The Morgan fingerprint density at radius 1 is 1.05 bits per heavy atom. The van der Waals surface area contributed by atoms with E-state index in [9.17, 15) is 23.5 Å². The van der Waals surface area contributed by atoms with Crippen molar-refractivity contribution in [2.24, 2.45) is 5.16 Å². The molecular weight excluding hydrogens is 283 g/mol. The Labute approximate surface area is 119 Å². The summed E-state index contributed by atoms with van der Waals surface area (Å²) in [5.41, 5.74) is 0.103. The Morgan fingerprint density at radius 3 is 2.38 bits per heavy atom. The van der Waals surface area contributed by atoms with Gasteiger partial charge in [-0.25, -0.2) is 0 Å². The van der Waals surface area contributed by atoms with E-state index < -0.39 is 11.7 Å². The molecule has 0 amide bonds. The van der Waals surface area contributed by atoms with E-state index in [1.165, 1.54) is 12.1 Å². The molecule has 0 spiro atoms. The quantitative estimate of drug-likeness (QED) is 0.518. The van der Waals surface area contributed by atoms with Crippen molar-refractivity contribution in [3.05, 3.63) is 70.8 Å². The molecule has 0 aliphatic heterocycles. The average molecular weight is 295 g/mol. The topological polar surface area (TPSA) is 52.8 Å². The van der Waals surface area contributed by atoms with Gasteiger partial charge in [0.2, 0.25) is 0 Å². The van der Waals surface area contributed by atoms with Gasteiger partial charge < -0.3 is 10.3 Å². The Hall–Kier alpha value is -2.34. The fraction of sp³-hybridized carbons (Fsp3) is 0.133. The third-order valence-electron chi connectivity index (χ3n) is 3.01. The molecule has 0 unspecified atom stereocenters. The van der Waals surface area contributed by atoms with Crippen molar-refractivity contribution in [2.75, 3.05) is 0 Å². The molecule has 2 rings (SSSR count). The van der Waals surface area contributed by atoms with Crippen LogP contribution >= 0.6 is 0 Å². The van der Waals surface area contributed by atoms with Gasteiger partial charge in [-0.15, -0.1) is 0 Å². The van der Waals surface area contributed by atoms with Gasteiger partial charge in [0.05, 0.1) is 12.2 Å². The fourth-order valence-electron chi connectivity index (χ4n) is 2.00. The lowest BCUT2D eigenvalue weighted by Gasteiger charge is -2.12. The lowest BCUT2D eigenvalue weighted by molar-refractivity contribution is -0.137. The van der Waals surface area contributed by atoms with E-state index in [0.29, 0.717) is 11.1 Å². The first-order valence-corrected chi connectivity index (χ1v) is 6.06. The Balaban J connectivity index is 2.53. The number of halogens is 3. The summed E-state index contributed by atoms with van der Waals surface area (Å²) in [7, 11) is 0. The van der Waals surface area contributed by atoms with Crippen molar-refractivity contribution in [1.29, 1.82) is 0 Å². The summed E-state index contributed by atoms with van der Waals surface area (Å²) in [5, 5.41) is 21.5. The summed E-state index contributed by atoms with van der Waals surface area (Å²) < 4.78 is 38.2. The van der Waals surface area contributed by atoms with E-state index in [-0.39, 0.29) is 17.9 Å². The molecule has 0 atom stereocenters. The Morgan fingerprint density at radius 2 is 1.76 bits per heavy atom. The van der Waals surface area contributed by atoms with Crippen LogP contribution in [0.25, 0.3) is 0 Å². The lowest BCUT2D eigenvalue weighted by Crippen LogP contribution is -2.10. The average Bonchev–Trinajstić information content (AvgIpc) is 2.48. The van der Waals surface area contributed by atoms with Crippen LogP contribution in [0.2, 0.25) is 0 Å². The van der Waals surface area contributed by atoms with Crippen LogP contribution in [0.4, 0.5) is 13.2 Å². The summed E-state index contributed by atoms with van der Waals surface area (Å²) in [6.07, 6.45) is -4.48. The maximum absolute atomic E-state index is 12.7. The molecule has 0 aliphatic carbocycles. The molecule has 0 fully saturated rings. The van der Waals surface area contributed by atoms with Gasteiger partial charge >= 0.3 is 6.18 Å². The summed E-state index contributed by atoms with van der Waals surface area (Å²) in [5.74, 6) is 0. The molecule has 6 heteroatoms. The van der Waals surface area contributed by atoms with Gasteiger partial charge in [-0.1, -0.05) is 41.6 Å². The largest absolute Gasteiger partial charge is 0.416 e. The zero-order valence-corrected chi connectivity index (χ0v) is 10.8. The molecule has 0 radical (unpaired) electrons. The third kappa shape index (κ3) is 3.22. The summed E-state index contributed by atoms with van der Waals surface area (Å²) in [6.45, 7) is -0.311. The first kappa shape index (κ1) is 15.1. The maximum atomic E-state index is 12.7. The van der Waals surface area contributed by atoms with Crippen molar-refractivity contribution in [1.82, 2.24) is 0 Å². The number of hydrogen-bond donors (Lipinski definition) is 2. The first-order valence-electron chi connectivity index (χ1n) is 6.06. The number of oxime groups is 1. The standard InChI is InChI=1S/C15H12F3NO2/c16-15(17,18)12-6-3-5-10(8-12)14(19-21)13-7-2-1-4-11(13)9-20/h1-8,20-21H,9H2. The highest BCUT2D eigenvalue weighted by Crippen LogP contribution is 2.30. The van der Waals surface area contributed by atoms with Gasteiger partial charge in [-0.3, -0.25) is 0 Å². The van der Waals surface area contributed by atoms with Gasteiger partial charge in [0.1, 0.15) is 5.71 Å². The minimum absolute atomic E-state index is 0.0225. The third-order valence-corrected chi connectivity index (χ3v) is 3.01. The number of rotatable bonds is 3. The highest BCUT2D eigenvalue weighted by molar-refractivity contribution is 6.13. The summed E-state index contributed by atoms with van der Waals surface area (Å²) in [6, 6.07) is 11.0. The molecule has 0 saturated heterocycles. The predicted molar refractivity (Wildman–Crippen MR) is 71.2 cm³/mol. The van der Waals surface area contributed by atoms with Crippen molar-refractivity contribution in [3.8, 4) is 0 Å². The zero-order valence-electron chi connectivity index (χ0n) is 10.8. The van der Waals surface area contributed by atoms with Crippen LogP contribution in [0.15, 0.2) is 53.7 Å². The Kier molecular flexibility index (Phi) is 4.28. The zero-order chi connectivity index (χ0) is 15.5. The fourth-order valence-corrected chi connectivity index (χ4v) is 2.00. The second kappa shape index (κ2) is 5.97. The predicted octanol–water partition coefficient (Wildman–Crippen LogP) is 3.42. The second-order valence-corrected chi connectivity index (χ2v) is 4.34. The van der Waals surface area contributed by atoms with Gasteiger partial charge in [0, 0.05) is 11.1 Å². The van der Waals surface area contributed by atoms with Crippen molar-refractivity contribution < 1.29 is 23.5 Å². The molecule has 0 aromatic heterocycles. The van der Waals surface area contributed by atoms with Gasteiger partial charge in [0.15, 0.2) is 0 Å². The van der Waals surface area contributed by atoms with Crippen molar-refractivity contribution in [2.45, 2.75) is 12.8 Å². The minimum Gasteiger partial charge on any atom is -0.410 e. The summed E-state index contributed by atoms with van der Waals surface area (Å²) >= 11 is 0. The van der Waals surface area contributed by atoms with E-state index in [1.54, 1.807) is 24.3 Å². The molecular formula is C15H12F3NO2. The van der Waals surface area contributed by atoms with Gasteiger partial charge in [0.25, 0.3) is 0 Å². The smallest absolute Gasteiger partial charge is 0.410 e. The van der Waals surface area contributed by atoms with Gasteiger partial charge in [-0.05, 0) is 17.7 Å². The molecule has 0 heterocycles. The van der Waals surface area contributed by atoms with Crippen LogP contribution in [0.5, 0.6) is 0 Å². The van der Waals surface area contributed by atoms with Crippen LogP contribution in [0, 0.1) is 0 Å². The number of alkyl halides is 3. The molecule has 0 bridgehead atoms. The van der Waals surface area contributed by atoms with Crippen LogP contribution in [-0.2, 0) is 12.8 Å². The first-order chi connectivity index (χ1) is 9.97. The Bertz CT molecular complexity index is 666. The number of nitrogens with zero attached hydrogens (tertiary/aromatic N) is 1. The van der Waals surface area contributed by atoms with E-state index in [2.05, 4.69) is 5.16 Å². The SMILES string of the molecule is OCc1ccccc1C(=NO)c1cccc(C(F)(F)F)c1. The monoisotopic (exact) mass is 295 g/mol. The molecule has 2 aromatic carbocycles. The second-order valence-electron chi connectivity index (χ2n) is 4.34. The van der Waals surface area contributed by atoms with Crippen LogP contribution in [0.3, 0.4) is 0 Å². The van der Waals surface area contributed by atoms with E-state index in [0.717, 1.165) is 12.1 Å². The number of hydrogen-bond acceptors (Lipinski definition) is 3. The molecule has 21 heavy (non-hydrogen) atoms. The van der Waals surface area contributed by atoms with E-state index in [1.807, 2.05) is 0 Å². The lowest BCUT2D eigenvalue weighted by atomic mass is 9.96. The van der Waals surface area contributed by atoms with Crippen LogP contribution in [-0.4, -0.2) is 16.0 Å². The highest BCUT2D eigenvalue weighted by Gasteiger charge is 2.30. The van der Waals surface area contributed by atoms with Gasteiger partial charge in [-0.2, -0.15) is 13.2 Å². The molecule has 110 valence electrons. The maximum Gasteiger partial charge on any atom is 0.416 e. The molecule has 2 aromatic rings. The number of aliphatic hydroxyl groups is 1. The normalized spacial score (nSPS) is 12.5.